The summed E-state index contributed by atoms with van der Waals surface area (Å²) >= 11 is 3.52. The van der Waals surface area contributed by atoms with Gasteiger partial charge in [0.05, 0.1) is 23.8 Å². The van der Waals surface area contributed by atoms with Crippen LogP contribution in [0.2, 0.25) is 0 Å². The molecule has 0 aliphatic rings. The van der Waals surface area contributed by atoms with Crippen molar-refractivity contribution in [3.05, 3.63) is 89.3 Å². The predicted molar refractivity (Wildman–Crippen MR) is 116 cm³/mol. The summed E-state index contributed by atoms with van der Waals surface area (Å²) in [7, 11) is 0. The molecular formula is C22H16BrN5. The van der Waals surface area contributed by atoms with Gasteiger partial charge in [0, 0.05) is 20.9 Å². The molecule has 0 amide bonds. The smallest absolute Gasteiger partial charge is 0.141 e. The first-order chi connectivity index (χ1) is 13.8. The van der Waals surface area contributed by atoms with E-state index in [4.69, 9.17) is 0 Å². The van der Waals surface area contributed by atoms with E-state index in [1.807, 2.05) is 47.3 Å². The van der Waals surface area contributed by atoms with E-state index in [2.05, 4.69) is 66.6 Å². The molecule has 1 N–H and O–H groups in total. The fraction of sp³-hybridized carbons (Fsp3) is 0.0455. The van der Waals surface area contributed by atoms with Gasteiger partial charge in [0.2, 0.25) is 0 Å². The molecule has 28 heavy (non-hydrogen) atoms. The van der Waals surface area contributed by atoms with Crippen molar-refractivity contribution in [3.8, 4) is 0 Å². The lowest BCUT2D eigenvalue weighted by molar-refractivity contribution is 0.712. The van der Waals surface area contributed by atoms with Crippen LogP contribution in [0.15, 0.2) is 83.7 Å². The van der Waals surface area contributed by atoms with E-state index in [1.54, 1.807) is 6.33 Å². The van der Waals surface area contributed by atoms with Crippen molar-refractivity contribution in [1.82, 2.24) is 19.7 Å². The molecule has 0 spiro atoms. The summed E-state index contributed by atoms with van der Waals surface area (Å²) in [6, 6.07) is 22.6. The van der Waals surface area contributed by atoms with E-state index < -0.39 is 0 Å². The maximum Gasteiger partial charge on any atom is 0.141 e. The first-order valence-corrected chi connectivity index (χ1v) is 9.72. The lowest BCUT2D eigenvalue weighted by Crippen LogP contribution is -2.01. The summed E-state index contributed by atoms with van der Waals surface area (Å²) < 4.78 is 3.02. The van der Waals surface area contributed by atoms with Crippen LogP contribution in [-0.2, 0) is 6.54 Å². The first kappa shape index (κ1) is 16.9. The summed E-state index contributed by atoms with van der Waals surface area (Å²) in [5.74, 6) is 0.780. The Morgan fingerprint density at radius 2 is 1.82 bits per heavy atom. The van der Waals surface area contributed by atoms with Crippen molar-refractivity contribution in [2.45, 2.75) is 6.54 Å². The predicted octanol–water partition coefficient (Wildman–Crippen LogP) is 5.53. The number of benzene rings is 3. The molecule has 2 heterocycles. The average molecular weight is 430 g/mol. The van der Waals surface area contributed by atoms with Gasteiger partial charge >= 0.3 is 0 Å². The number of hydrogen-bond donors (Lipinski definition) is 1. The average Bonchev–Trinajstić information content (AvgIpc) is 3.11. The molecule has 0 aliphatic heterocycles. The molecule has 6 heteroatoms. The minimum atomic E-state index is 0.752. The molecule has 0 unspecified atom stereocenters. The number of nitrogens with zero attached hydrogens (tertiary/aromatic N) is 4. The molecule has 0 saturated carbocycles. The number of rotatable bonds is 4. The van der Waals surface area contributed by atoms with Crippen LogP contribution >= 0.6 is 15.9 Å². The maximum atomic E-state index is 4.56. The molecule has 5 rings (SSSR count). The van der Waals surface area contributed by atoms with Crippen LogP contribution in [0, 0.1) is 0 Å². The van der Waals surface area contributed by atoms with Gasteiger partial charge in [0.25, 0.3) is 0 Å². The second kappa shape index (κ2) is 7.05. The fourth-order valence-electron chi connectivity index (χ4n) is 3.31. The Bertz CT molecular complexity index is 1280. The summed E-state index contributed by atoms with van der Waals surface area (Å²) in [4.78, 5) is 8.75. The number of hydrogen-bond acceptors (Lipinski definition) is 4. The van der Waals surface area contributed by atoms with Gasteiger partial charge in [0.1, 0.15) is 12.1 Å². The zero-order valence-corrected chi connectivity index (χ0v) is 16.5. The molecule has 2 aromatic heterocycles. The Morgan fingerprint density at radius 1 is 0.929 bits per heavy atom. The molecule has 0 saturated heterocycles. The fourth-order valence-corrected chi connectivity index (χ4v) is 3.67. The van der Waals surface area contributed by atoms with E-state index in [9.17, 15) is 0 Å². The highest BCUT2D eigenvalue weighted by Crippen LogP contribution is 2.27. The van der Waals surface area contributed by atoms with Crippen LogP contribution < -0.4 is 5.32 Å². The van der Waals surface area contributed by atoms with Crippen molar-refractivity contribution in [2.24, 2.45) is 0 Å². The van der Waals surface area contributed by atoms with Crippen molar-refractivity contribution in [1.29, 1.82) is 0 Å². The van der Waals surface area contributed by atoms with Crippen LogP contribution in [-0.4, -0.2) is 19.7 Å². The highest BCUT2D eigenvalue weighted by Gasteiger charge is 2.08. The zero-order chi connectivity index (χ0) is 18.9. The van der Waals surface area contributed by atoms with Gasteiger partial charge in [-0.15, -0.1) is 0 Å². The molecule has 0 aliphatic carbocycles. The topological polar surface area (TPSA) is 55.6 Å². The monoisotopic (exact) mass is 429 g/mol. The molecule has 0 radical (unpaired) electrons. The van der Waals surface area contributed by atoms with Crippen LogP contribution in [0.25, 0.3) is 21.8 Å². The van der Waals surface area contributed by atoms with Crippen LogP contribution in [0.3, 0.4) is 0 Å². The quantitative estimate of drug-likeness (QED) is 0.407. The Morgan fingerprint density at radius 3 is 2.71 bits per heavy atom. The number of nitrogens with one attached hydrogen (secondary N) is 1. The largest absolute Gasteiger partial charge is 0.340 e. The molecule has 5 nitrogen and oxygen atoms in total. The van der Waals surface area contributed by atoms with E-state index in [-0.39, 0.29) is 0 Å². The molecule has 136 valence electrons. The van der Waals surface area contributed by atoms with Crippen LogP contribution in [0.1, 0.15) is 5.56 Å². The minimum absolute atomic E-state index is 0.752. The van der Waals surface area contributed by atoms with Crippen molar-refractivity contribution in [2.75, 3.05) is 5.32 Å². The number of fused-ring (bicyclic) bond motifs is 2. The third kappa shape index (κ3) is 3.23. The Labute approximate surface area is 170 Å². The van der Waals surface area contributed by atoms with E-state index in [1.165, 1.54) is 5.56 Å². The normalized spacial score (nSPS) is 11.2. The Balaban J connectivity index is 1.47. The number of halogens is 1. The van der Waals surface area contributed by atoms with Gasteiger partial charge in [0.15, 0.2) is 0 Å². The van der Waals surface area contributed by atoms with Gasteiger partial charge in [-0.05, 0) is 42.0 Å². The summed E-state index contributed by atoms with van der Waals surface area (Å²) in [6.07, 6.45) is 3.48. The number of anilines is 2. The Kier molecular flexibility index (Phi) is 4.25. The van der Waals surface area contributed by atoms with Gasteiger partial charge in [-0.25, -0.2) is 9.97 Å². The lowest BCUT2D eigenvalue weighted by atomic mass is 10.2. The minimum Gasteiger partial charge on any atom is -0.340 e. The van der Waals surface area contributed by atoms with Gasteiger partial charge in [-0.3, -0.25) is 4.68 Å². The lowest BCUT2D eigenvalue weighted by Gasteiger charge is -2.09. The van der Waals surface area contributed by atoms with Crippen molar-refractivity contribution >= 4 is 49.2 Å². The third-order valence-corrected chi connectivity index (χ3v) is 5.17. The zero-order valence-electron chi connectivity index (χ0n) is 14.9. The maximum absolute atomic E-state index is 4.56. The number of aromatic nitrogens is 4. The highest BCUT2D eigenvalue weighted by molar-refractivity contribution is 9.10. The van der Waals surface area contributed by atoms with E-state index in [0.29, 0.717) is 0 Å². The summed E-state index contributed by atoms with van der Waals surface area (Å²) in [5, 5.41) is 10.0. The van der Waals surface area contributed by atoms with Gasteiger partial charge in [-0.2, -0.15) is 5.10 Å². The molecule has 0 atom stereocenters. The third-order valence-electron chi connectivity index (χ3n) is 4.68. The molecular weight excluding hydrogens is 414 g/mol. The molecule has 3 aromatic carbocycles. The summed E-state index contributed by atoms with van der Waals surface area (Å²) in [5.41, 5.74) is 4.20. The molecule has 5 aromatic rings. The molecule has 0 fully saturated rings. The van der Waals surface area contributed by atoms with E-state index in [0.717, 1.165) is 44.3 Å². The SMILES string of the molecule is Brc1ccc2ncnc(Nc3ccc4c(cnn4Cc4ccccc4)c3)c2c1. The second-order valence-corrected chi connectivity index (χ2v) is 7.49. The Hall–Kier alpha value is -3.25. The summed E-state index contributed by atoms with van der Waals surface area (Å²) in [6.45, 7) is 0.752. The van der Waals surface area contributed by atoms with Gasteiger partial charge in [-0.1, -0.05) is 46.3 Å². The van der Waals surface area contributed by atoms with E-state index >= 15 is 0 Å². The van der Waals surface area contributed by atoms with Crippen LogP contribution in [0.5, 0.6) is 0 Å². The van der Waals surface area contributed by atoms with Crippen molar-refractivity contribution < 1.29 is 0 Å². The van der Waals surface area contributed by atoms with Crippen LogP contribution in [0.4, 0.5) is 11.5 Å². The van der Waals surface area contributed by atoms with Gasteiger partial charge < -0.3 is 5.32 Å². The van der Waals surface area contributed by atoms with Crippen molar-refractivity contribution in [3.63, 3.8) is 0 Å². The second-order valence-electron chi connectivity index (χ2n) is 6.57. The standard InChI is InChI=1S/C22H16BrN5/c23-17-6-8-20-19(11-17)22(25-14-24-20)27-18-7-9-21-16(10-18)12-26-28(21)13-15-4-2-1-3-5-15/h1-12,14H,13H2,(H,24,25,27). The first-order valence-electron chi connectivity index (χ1n) is 8.93. The molecule has 0 bridgehead atoms. The highest BCUT2D eigenvalue weighted by atomic mass is 79.9.